The average Bonchev–Trinajstić information content (AvgIpc) is 2.87. The van der Waals surface area contributed by atoms with E-state index >= 15 is 0 Å². The molecule has 0 aromatic rings. The van der Waals surface area contributed by atoms with Crippen LogP contribution in [0.5, 0.6) is 0 Å². The lowest BCUT2D eigenvalue weighted by atomic mass is 9.58. The minimum absolute atomic E-state index is 0.174. The molecular formula is C16H32N2. The number of hydrogen-bond donors (Lipinski definition) is 2. The Morgan fingerprint density at radius 3 is 1.94 bits per heavy atom. The Morgan fingerprint density at radius 1 is 1.06 bits per heavy atom. The van der Waals surface area contributed by atoms with Crippen molar-refractivity contribution in [2.24, 2.45) is 28.4 Å². The van der Waals surface area contributed by atoms with E-state index in [0.717, 1.165) is 18.4 Å². The summed E-state index contributed by atoms with van der Waals surface area (Å²) < 4.78 is 0. The monoisotopic (exact) mass is 252 g/mol. The third-order valence-corrected chi connectivity index (χ3v) is 5.00. The Hall–Kier alpha value is -0.0800. The van der Waals surface area contributed by atoms with Gasteiger partial charge in [0.05, 0.1) is 0 Å². The average molecular weight is 252 g/mol. The topological polar surface area (TPSA) is 38.0 Å². The Balaban J connectivity index is 2.04. The lowest BCUT2D eigenvalue weighted by Gasteiger charge is -2.52. The van der Waals surface area contributed by atoms with E-state index in [1.165, 1.54) is 32.2 Å². The number of rotatable bonds is 4. The molecule has 18 heavy (non-hydrogen) atoms. The lowest BCUT2D eigenvalue weighted by Crippen LogP contribution is -2.59. The molecule has 0 aromatic carbocycles. The van der Waals surface area contributed by atoms with Gasteiger partial charge in [-0.15, -0.1) is 0 Å². The molecule has 2 unspecified atom stereocenters. The van der Waals surface area contributed by atoms with Crippen LogP contribution < -0.4 is 11.1 Å². The number of nitrogens with one attached hydrogen (secondary N) is 1. The predicted octanol–water partition coefficient (Wildman–Crippen LogP) is 3.17. The SMILES string of the molecule is CC1CC1CNC1(CN)CC(C)(C)CC(C)(C)C1. The zero-order chi connectivity index (χ0) is 13.6. The van der Waals surface area contributed by atoms with Crippen molar-refractivity contribution in [2.75, 3.05) is 13.1 Å². The maximum atomic E-state index is 6.16. The molecule has 0 amide bonds. The highest BCUT2D eigenvalue weighted by Crippen LogP contribution is 2.50. The Morgan fingerprint density at radius 2 is 1.56 bits per heavy atom. The molecule has 2 saturated carbocycles. The molecule has 2 heteroatoms. The Kier molecular flexibility index (Phi) is 3.57. The second kappa shape index (κ2) is 4.49. The normalized spacial score (nSPS) is 36.3. The van der Waals surface area contributed by atoms with Gasteiger partial charge in [-0.25, -0.2) is 0 Å². The van der Waals surface area contributed by atoms with E-state index in [0.29, 0.717) is 10.8 Å². The first-order valence-corrected chi connectivity index (χ1v) is 7.62. The van der Waals surface area contributed by atoms with Gasteiger partial charge in [-0.3, -0.25) is 0 Å². The van der Waals surface area contributed by atoms with Crippen molar-refractivity contribution in [1.29, 1.82) is 0 Å². The van der Waals surface area contributed by atoms with Crippen LogP contribution in [-0.4, -0.2) is 18.6 Å². The van der Waals surface area contributed by atoms with Crippen molar-refractivity contribution < 1.29 is 0 Å². The molecule has 0 aliphatic heterocycles. The van der Waals surface area contributed by atoms with Gasteiger partial charge in [0.15, 0.2) is 0 Å². The van der Waals surface area contributed by atoms with Crippen molar-refractivity contribution in [3.05, 3.63) is 0 Å². The van der Waals surface area contributed by atoms with Gasteiger partial charge in [0.25, 0.3) is 0 Å². The van der Waals surface area contributed by atoms with Gasteiger partial charge < -0.3 is 11.1 Å². The van der Waals surface area contributed by atoms with Crippen LogP contribution in [-0.2, 0) is 0 Å². The van der Waals surface area contributed by atoms with Crippen molar-refractivity contribution >= 4 is 0 Å². The molecule has 0 bridgehead atoms. The summed E-state index contributed by atoms with van der Waals surface area (Å²) in [5.74, 6) is 1.83. The first-order chi connectivity index (χ1) is 8.17. The zero-order valence-corrected chi connectivity index (χ0v) is 13.0. The first-order valence-electron chi connectivity index (χ1n) is 7.62. The molecule has 106 valence electrons. The minimum atomic E-state index is 0.174. The molecular weight excluding hydrogens is 220 g/mol. The van der Waals surface area contributed by atoms with Gasteiger partial charge in [0.2, 0.25) is 0 Å². The summed E-state index contributed by atoms with van der Waals surface area (Å²) in [5, 5.41) is 3.86. The first kappa shape index (κ1) is 14.3. The fourth-order valence-corrected chi connectivity index (χ4v) is 4.69. The van der Waals surface area contributed by atoms with E-state index in [4.69, 9.17) is 5.73 Å². The molecule has 2 rings (SSSR count). The molecule has 2 atom stereocenters. The fraction of sp³-hybridized carbons (Fsp3) is 1.00. The van der Waals surface area contributed by atoms with Crippen LogP contribution in [0.3, 0.4) is 0 Å². The summed E-state index contributed by atoms with van der Waals surface area (Å²) in [7, 11) is 0. The fourth-order valence-electron chi connectivity index (χ4n) is 4.69. The second-order valence-corrected chi connectivity index (χ2v) is 8.70. The van der Waals surface area contributed by atoms with Crippen molar-refractivity contribution in [3.63, 3.8) is 0 Å². The van der Waals surface area contributed by atoms with Crippen molar-refractivity contribution in [1.82, 2.24) is 5.32 Å². The highest BCUT2D eigenvalue weighted by atomic mass is 15.0. The molecule has 0 saturated heterocycles. The van der Waals surface area contributed by atoms with Gasteiger partial charge in [0, 0.05) is 12.1 Å². The maximum Gasteiger partial charge on any atom is 0.0314 e. The third kappa shape index (κ3) is 3.27. The molecule has 2 aliphatic carbocycles. The van der Waals surface area contributed by atoms with Gasteiger partial charge in [-0.1, -0.05) is 34.6 Å². The predicted molar refractivity (Wildman–Crippen MR) is 78.5 cm³/mol. The Bertz CT molecular complexity index is 290. The van der Waals surface area contributed by atoms with Gasteiger partial charge in [-0.2, -0.15) is 0 Å². The second-order valence-electron chi connectivity index (χ2n) is 8.70. The van der Waals surface area contributed by atoms with E-state index < -0.39 is 0 Å². The number of nitrogens with two attached hydrogens (primary N) is 1. The summed E-state index contributed by atoms with van der Waals surface area (Å²) in [6.07, 6.45) is 5.16. The highest BCUT2D eigenvalue weighted by Gasteiger charge is 2.47. The molecule has 2 fully saturated rings. The largest absolute Gasteiger partial charge is 0.329 e. The maximum absolute atomic E-state index is 6.16. The summed E-state index contributed by atoms with van der Waals surface area (Å²) in [6, 6.07) is 0. The smallest absolute Gasteiger partial charge is 0.0314 e. The minimum Gasteiger partial charge on any atom is -0.329 e. The van der Waals surface area contributed by atoms with E-state index in [1.54, 1.807) is 0 Å². The van der Waals surface area contributed by atoms with Crippen LogP contribution in [0.25, 0.3) is 0 Å². The molecule has 0 spiro atoms. The van der Waals surface area contributed by atoms with Crippen LogP contribution in [0.4, 0.5) is 0 Å². The highest BCUT2D eigenvalue weighted by molar-refractivity contribution is 5.04. The number of hydrogen-bond acceptors (Lipinski definition) is 2. The quantitative estimate of drug-likeness (QED) is 0.806. The van der Waals surface area contributed by atoms with Gasteiger partial charge in [0.1, 0.15) is 0 Å². The van der Waals surface area contributed by atoms with Crippen LogP contribution >= 0.6 is 0 Å². The third-order valence-electron chi connectivity index (χ3n) is 5.00. The van der Waals surface area contributed by atoms with Crippen molar-refractivity contribution in [2.45, 2.75) is 65.8 Å². The molecule has 0 radical (unpaired) electrons. The van der Waals surface area contributed by atoms with Crippen LogP contribution in [0.1, 0.15) is 60.3 Å². The molecule has 2 nitrogen and oxygen atoms in total. The van der Waals surface area contributed by atoms with Crippen LogP contribution in [0.15, 0.2) is 0 Å². The molecule has 3 N–H and O–H groups in total. The molecule has 0 aromatic heterocycles. The summed E-state index contributed by atoms with van der Waals surface area (Å²) in [5.41, 5.74) is 7.15. The van der Waals surface area contributed by atoms with Crippen LogP contribution in [0, 0.1) is 22.7 Å². The molecule has 2 aliphatic rings. The Labute approximate surface area is 113 Å². The summed E-state index contributed by atoms with van der Waals surface area (Å²) in [4.78, 5) is 0. The van der Waals surface area contributed by atoms with Crippen molar-refractivity contribution in [3.8, 4) is 0 Å². The standard InChI is InChI=1S/C16H32N2/c1-12-6-13(12)7-18-16(11-17)9-14(2,3)8-15(4,5)10-16/h12-13,18H,6-11,17H2,1-5H3. The van der Waals surface area contributed by atoms with E-state index in [1.807, 2.05) is 0 Å². The van der Waals surface area contributed by atoms with E-state index in [-0.39, 0.29) is 5.54 Å². The zero-order valence-electron chi connectivity index (χ0n) is 13.0. The van der Waals surface area contributed by atoms with E-state index in [9.17, 15) is 0 Å². The van der Waals surface area contributed by atoms with Gasteiger partial charge in [-0.05, 0) is 54.9 Å². The van der Waals surface area contributed by atoms with Crippen LogP contribution in [0.2, 0.25) is 0 Å². The summed E-state index contributed by atoms with van der Waals surface area (Å²) >= 11 is 0. The van der Waals surface area contributed by atoms with Gasteiger partial charge >= 0.3 is 0 Å². The molecule has 0 heterocycles. The summed E-state index contributed by atoms with van der Waals surface area (Å²) in [6.45, 7) is 13.9. The lowest BCUT2D eigenvalue weighted by molar-refractivity contribution is 0.0319. The van der Waals surface area contributed by atoms with E-state index in [2.05, 4.69) is 39.9 Å².